The van der Waals surface area contributed by atoms with Crippen molar-refractivity contribution in [3.63, 3.8) is 0 Å². The van der Waals surface area contributed by atoms with Gasteiger partial charge in [-0.3, -0.25) is 14.9 Å². The number of nitrogens with one attached hydrogen (secondary N) is 1. The Morgan fingerprint density at radius 3 is 2.77 bits per heavy atom. The number of carbonyl (C=O) groups excluding carboxylic acids is 2. The molecule has 2 amide bonds. The van der Waals surface area contributed by atoms with Crippen LogP contribution in [0.25, 0.3) is 0 Å². The third kappa shape index (κ3) is 2.15. The summed E-state index contributed by atoms with van der Waals surface area (Å²) in [7, 11) is 0. The van der Waals surface area contributed by atoms with Crippen LogP contribution < -0.4 is 5.32 Å². The summed E-state index contributed by atoms with van der Waals surface area (Å²) in [6.07, 6.45) is 5.32. The third-order valence-electron chi connectivity index (χ3n) is 1.86. The van der Waals surface area contributed by atoms with E-state index in [4.69, 9.17) is 0 Å². The summed E-state index contributed by atoms with van der Waals surface area (Å²) in [6, 6.07) is 0. The van der Waals surface area contributed by atoms with Crippen molar-refractivity contribution in [1.82, 2.24) is 5.32 Å². The molecule has 0 atom stereocenters. The Labute approximate surface area is 76.8 Å². The van der Waals surface area contributed by atoms with Crippen molar-refractivity contribution < 1.29 is 9.59 Å². The Hall–Kier alpha value is -1.64. The molecule has 1 aliphatic rings. The van der Waals surface area contributed by atoms with E-state index in [2.05, 4.69) is 11.9 Å². The van der Waals surface area contributed by atoms with Crippen LogP contribution in [0.1, 0.15) is 13.3 Å². The molecule has 1 aliphatic heterocycles. The Balaban J connectivity index is 2.97. The highest BCUT2D eigenvalue weighted by Crippen LogP contribution is 2.14. The largest absolute Gasteiger partial charge is 0.292 e. The molecule has 0 saturated carbocycles. The standard InChI is InChI=1S/C10H11NO2/c1-3-4-5-8-6-9(12)11-10(13)7(8)2/h3-5H,1,6H2,2H3,(H,11,12,13)/b5-4-. The molecule has 1 heterocycles. The number of imide groups is 1. The molecule has 3 nitrogen and oxygen atoms in total. The van der Waals surface area contributed by atoms with Gasteiger partial charge in [0.05, 0.1) is 6.42 Å². The lowest BCUT2D eigenvalue weighted by atomic mass is 10.0. The number of hydrogen-bond acceptors (Lipinski definition) is 2. The van der Waals surface area contributed by atoms with Gasteiger partial charge in [0.1, 0.15) is 0 Å². The summed E-state index contributed by atoms with van der Waals surface area (Å²) < 4.78 is 0. The molecule has 0 aromatic rings. The molecule has 1 rings (SSSR count). The van der Waals surface area contributed by atoms with Crippen LogP contribution in [-0.2, 0) is 9.59 Å². The predicted molar refractivity (Wildman–Crippen MR) is 49.8 cm³/mol. The Morgan fingerprint density at radius 2 is 2.15 bits per heavy atom. The fourth-order valence-electron chi connectivity index (χ4n) is 1.08. The lowest BCUT2D eigenvalue weighted by Gasteiger charge is -2.13. The molecular weight excluding hydrogens is 166 g/mol. The molecule has 68 valence electrons. The monoisotopic (exact) mass is 177 g/mol. The maximum Gasteiger partial charge on any atom is 0.253 e. The van der Waals surface area contributed by atoms with Gasteiger partial charge in [0.25, 0.3) is 5.91 Å². The van der Waals surface area contributed by atoms with Crippen molar-refractivity contribution in [3.8, 4) is 0 Å². The summed E-state index contributed by atoms with van der Waals surface area (Å²) in [5.74, 6) is -0.556. The van der Waals surface area contributed by atoms with E-state index < -0.39 is 0 Å². The average Bonchev–Trinajstić information content (AvgIpc) is 2.09. The molecule has 0 aromatic carbocycles. The molecule has 0 bridgehead atoms. The summed E-state index contributed by atoms with van der Waals surface area (Å²) in [6.45, 7) is 5.21. The van der Waals surface area contributed by atoms with Crippen LogP contribution in [0, 0.1) is 0 Å². The van der Waals surface area contributed by atoms with Gasteiger partial charge in [-0.05, 0) is 12.5 Å². The van der Waals surface area contributed by atoms with Gasteiger partial charge < -0.3 is 0 Å². The van der Waals surface area contributed by atoms with Gasteiger partial charge in [-0.15, -0.1) is 0 Å². The zero-order valence-corrected chi connectivity index (χ0v) is 7.46. The minimum absolute atomic E-state index is 0.251. The second kappa shape index (κ2) is 3.85. The highest BCUT2D eigenvalue weighted by molar-refractivity contribution is 6.08. The topological polar surface area (TPSA) is 46.2 Å². The van der Waals surface area contributed by atoms with Crippen molar-refractivity contribution in [2.75, 3.05) is 0 Å². The van der Waals surface area contributed by atoms with Crippen LogP contribution in [0.4, 0.5) is 0 Å². The molecule has 3 heteroatoms. The van der Waals surface area contributed by atoms with Gasteiger partial charge in [0.2, 0.25) is 5.91 Å². The second-order valence-electron chi connectivity index (χ2n) is 2.80. The van der Waals surface area contributed by atoms with E-state index in [0.717, 1.165) is 5.57 Å². The van der Waals surface area contributed by atoms with E-state index in [1.165, 1.54) is 0 Å². The summed E-state index contributed by atoms with van der Waals surface area (Å²) in [5.41, 5.74) is 1.35. The lowest BCUT2D eigenvalue weighted by Crippen LogP contribution is -2.35. The van der Waals surface area contributed by atoms with Gasteiger partial charge in [-0.25, -0.2) is 0 Å². The Kier molecular flexibility index (Phi) is 2.80. The SMILES string of the molecule is C=C/C=C\C1=C(C)C(=O)NC(=O)C1. The smallest absolute Gasteiger partial charge is 0.253 e. The van der Waals surface area contributed by atoms with Gasteiger partial charge in [0.15, 0.2) is 0 Å². The number of amides is 2. The molecule has 0 aromatic heterocycles. The first kappa shape index (κ1) is 9.45. The van der Waals surface area contributed by atoms with Crippen molar-refractivity contribution in [1.29, 1.82) is 0 Å². The van der Waals surface area contributed by atoms with E-state index in [1.807, 2.05) is 0 Å². The van der Waals surface area contributed by atoms with Gasteiger partial charge >= 0.3 is 0 Å². The van der Waals surface area contributed by atoms with E-state index in [-0.39, 0.29) is 18.2 Å². The lowest BCUT2D eigenvalue weighted by molar-refractivity contribution is -0.128. The maximum atomic E-state index is 11.1. The van der Waals surface area contributed by atoms with Crippen LogP contribution in [0.5, 0.6) is 0 Å². The second-order valence-corrected chi connectivity index (χ2v) is 2.80. The first-order valence-electron chi connectivity index (χ1n) is 3.98. The normalized spacial score (nSPS) is 17.9. The summed E-state index contributed by atoms with van der Waals surface area (Å²) in [4.78, 5) is 22.1. The van der Waals surface area contributed by atoms with Crippen molar-refractivity contribution in [2.45, 2.75) is 13.3 Å². The van der Waals surface area contributed by atoms with E-state index >= 15 is 0 Å². The molecule has 13 heavy (non-hydrogen) atoms. The molecule has 0 aliphatic carbocycles. The highest BCUT2D eigenvalue weighted by Gasteiger charge is 2.19. The first-order valence-corrected chi connectivity index (χ1v) is 3.98. The predicted octanol–water partition coefficient (Wildman–Crippen LogP) is 1.09. The maximum absolute atomic E-state index is 11.1. The van der Waals surface area contributed by atoms with Crippen LogP contribution in [0.3, 0.4) is 0 Å². The average molecular weight is 177 g/mol. The highest BCUT2D eigenvalue weighted by atomic mass is 16.2. The summed E-state index contributed by atoms with van der Waals surface area (Å²) >= 11 is 0. The van der Waals surface area contributed by atoms with E-state index in [0.29, 0.717) is 5.57 Å². The number of hydrogen-bond donors (Lipinski definition) is 1. The fraction of sp³-hybridized carbons (Fsp3) is 0.200. The quantitative estimate of drug-likeness (QED) is 0.507. The fourth-order valence-corrected chi connectivity index (χ4v) is 1.08. The Morgan fingerprint density at radius 1 is 1.46 bits per heavy atom. The number of allylic oxidation sites excluding steroid dienone is 3. The molecular formula is C10H11NO2. The molecule has 0 radical (unpaired) electrons. The Bertz CT molecular complexity index is 324. The minimum Gasteiger partial charge on any atom is -0.292 e. The first-order chi connectivity index (χ1) is 6.15. The molecule has 0 saturated heterocycles. The van der Waals surface area contributed by atoms with E-state index in [9.17, 15) is 9.59 Å². The van der Waals surface area contributed by atoms with Gasteiger partial charge in [0, 0.05) is 5.57 Å². The van der Waals surface area contributed by atoms with Gasteiger partial charge in [-0.1, -0.05) is 24.8 Å². The van der Waals surface area contributed by atoms with Crippen molar-refractivity contribution in [2.24, 2.45) is 0 Å². The molecule has 0 fully saturated rings. The number of rotatable bonds is 2. The van der Waals surface area contributed by atoms with Gasteiger partial charge in [-0.2, -0.15) is 0 Å². The third-order valence-corrected chi connectivity index (χ3v) is 1.86. The van der Waals surface area contributed by atoms with Crippen LogP contribution >= 0.6 is 0 Å². The molecule has 0 spiro atoms. The summed E-state index contributed by atoms with van der Waals surface area (Å²) in [5, 5.41) is 2.24. The van der Waals surface area contributed by atoms with E-state index in [1.54, 1.807) is 25.2 Å². The van der Waals surface area contributed by atoms with Crippen LogP contribution in [-0.4, -0.2) is 11.8 Å². The zero-order chi connectivity index (χ0) is 9.84. The minimum atomic E-state index is -0.306. The zero-order valence-electron chi connectivity index (χ0n) is 7.46. The van der Waals surface area contributed by atoms with Crippen molar-refractivity contribution >= 4 is 11.8 Å². The van der Waals surface area contributed by atoms with Crippen LogP contribution in [0.2, 0.25) is 0 Å². The van der Waals surface area contributed by atoms with Crippen LogP contribution in [0.15, 0.2) is 36.0 Å². The molecule has 1 N–H and O–H groups in total. The molecule has 0 unspecified atom stereocenters. The van der Waals surface area contributed by atoms with Crippen molar-refractivity contribution in [3.05, 3.63) is 36.0 Å². The number of carbonyl (C=O) groups is 2.